The Kier molecular flexibility index (Phi) is 5.15. The van der Waals surface area contributed by atoms with Gasteiger partial charge in [-0.2, -0.15) is 5.10 Å². The number of sulfonamides is 1. The molecule has 0 aliphatic carbocycles. The van der Waals surface area contributed by atoms with Gasteiger partial charge in [-0.15, -0.1) is 0 Å². The number of benzene rings is 2. The predicted molar refractivity (Wildman–Crippen MR) is 96.8 cm³/mol. The van der Waals surface area contributed by atoms with Crippen LogP contribution in [0.25, 0.3) is 0 Å². The molecule has 3 rings (SSSR count). The van der Waals surface area contributed by atoms with Gasteiger partial charge < -0.3 is 5.32 Å². The van der Waals surface area contributed by atoms with Gasteiger partial charge in [-0.1, -0.05) is 30.3 Å². The first-order valence-electron chi connectivity index (χ1n) is 7.88. The van der Waals surface area contributed by atoms with Crippen LogP contribution in [0.4, 0.5) is 0 Å². The molecule has 0 aliphatic rings. The van der Waals surface area contributed by atoms with Crippen molar-refractivity contribution in [3.63, 3.8) is 0 Å². The van der Waals surface area contributed by atoms with E-state index in [-0.39, 0.29) is 10.8 Å². The van der Waals surface area contributed by atoms with Crippen LogP contribution in [0.3, 0.4) is 0 Å². The summed E-state index contributed by atoms with van der Waals surface area (Å²) >= 11 is 0. The normalized spacial score (nSPS) is 11.3. The van der Waals surface area contributed by atoms with E-state index in [2.05, 4.69) is 10.4 Å². The van der Waals surface area contributed by atoms with Crippen molar-refractivity contribution in [1.29, 1.82) is 0 Å². The Morgan fingerprint density at radius 3 is 2.38 bits per heavy atom. The quantitative estimate of drug-likeness (QED) is 0.686. The van der Waals surface area contributed by atoms with E-state index in [0.29, 0.717) is 18.7 Å². The summed E-state index contributed by atoms with van der Waals surface area (Å²) in [7, 11) is -3.77. The van der Waals surface area contributed by atoms with Gasteiger partial charge in [0.05, 0.1) is 17.6 Å². The number of rotatable bonds is 6. The molecule has 0 saturated heterocycles. The summed E-state index contributed by atoms with van der Waals surface area (Å²) in [5.74, 6) is -0.304. The summed E-state index contributed by atoms with van der Waals surface area (Å²) < 4.78 is 24.3. The summed E-state index contributed by atoms with van der Waals surface area (Å²) in [5, 5.41) is 12.1. The van der Waals surface area contributed by atoms with Crippen LogP contribution in [0.15, 0.2) is 71.9 Å². The van der Waals surface area contributed by atoms with Gasteiger partial charge in [0.2, 0.25) is 10.0 Å². The lowest BCUT2D eigenvalue weighted by Crippen LogP contribution is -2.22. The molecular formula is C18H18N4O3S. The molecule has 3 N–H and O–H groups in total. The molecule has 0 aliphatic heterocycles. The lowest BCUT2D eigenvalue weighted by Gasteiger charge is -2.05. The van der Waals surface area contributed by atoms with Crippen LogP contribution in [0.2, 0.25) is 0 Å². The summed E-state index contributed by atoms with van der Waals surface area (Å²) in [6.07, 6.45) is 3.57. The summed E-state index contributed by atoms with van der Waals surface area (Å²) in [6, 6.07) is 15.4. The molecule has 7 nitrogen and oxygen atoms in total. The molecule has 2 aromatic carbocycles. The highest BCUT2D eigenvalue weighted by Gasteiger charge is 2.10. The zero-order valence-corrected chi connectivity index (χ0v) is 14.7. The summed E-state index contributed by atoms with van der Waals surface area (Å²) in [4.78, 5) is 12.1. The smallest absolute Gasteiger partial charge is 0.251 e. The number of amides is 1. The number of carbonyl (C=O) groups excluding carboxylic acids is 1. The molecule has 0 fully saturated rings. The zero-order valence-electron chi connectivity index (χ0n) is 13.9. The maximum absolute atomic E-state index is 12.2. The Morgan fingerprint density at radius 1 is 1.04 bits per heavy atom. The van der Waals surface area contributed by atoms with Crippen LogP contribution in [0.1, 0.15) is 21.5 Å². The van der Waals surface area contributed by atoms with Gasteiger partial charge in [-0.3, -0.25) is 9.48 Å². The van der Waals surface area contributed by atoms with Crippen LogP contribution >= 0.6 is 0 Å². The first-order valence-corrected chi connectivity index (χ1v) is 9.43. The molecule has 0 radical (unpaired) electrons. The lowest BCUT2D eigenvalue weighted by molar-refractivity contribution is 0.0951. The summed E-state index contributed by atoms with van der Waals surface area (Å²) in [6.45, 7) is 0.981. The number of hydrogen-bond acceptors (Lipinski definition) is 4. The zero-order chi connectivity index (χ0) is 18.6. The lowest BCUT2D eigenvalue weighted by atomic mass is 10.2. The Hall–Kier alpha value is -2.97. The first kappa shape index (κ1) is 17.8. The van der Waals surface area contributed by atoms with Crippen molar-refractivity contribution in [2.75, 3.05) is 0 Å². The van der Waals surface area contributed by atoms with Gasteiger partial charge in [-0.25, -0.2) is 13.6 Å². The Balaban J connectivity index is 1.58. The van der Waals surface area contributed by atoms with Gasteiger partial charge >= 0.3 is 0 Å². The van der Waals surface area contributed by atoms with Crippen molar-refractivity contribution in [2.24, 2.45) is 5.14 Å². The topological polar surface area (TPSA) is 107 Å². The van der Waals surface area contributed by atoms with E-state index in [1.807, 2.05) is 36.5 Å². The molecule has 0 saturated carbocycles. The maximum atomic E-state index is 12.2. The molecule has 1 aromatic heterocycles. The average Bonchev–Trinajstić information content (AvgIpc) is 3.07. The molecule has 3 aromatic rings. The Morgan fingerprint density at radius 2 is 1.73 bits per heavy atom. The Labute approximate surface area is 151 Å². The minimum absolute atomic E-state index is 0.0313. The van der Waals surface area contributed by atoms with Gasteiger partial charge in [0, 0.05) is 23.9 Å². The largest absolute Gasteiger partial charge is 0.348 e. The molecule has 0 unspecified atom stereocenters. The molecule has 0 atom stereocenters. The average molecular weight is 370 g/mol. The number of nitrogens with two attached hydrogens (primary N) is 1. The number of primary sulfonamides is 1. The number of aromatic nitrogens is 2. The second-order valence-corrected chi connectivity index (χ2v) is 7.35. The SMILES string of the molecule is NS(=O)(=O)c1ccc(C(=O)NCc2cnn(Cc3ccccc3)c2)cc1. The van der Waals surface area contributed by atoms with E-state index in [1.54, 1.807) is 10.9 Å². The van der Waals surface area contributed by atoms with Crippen molar-refractivity contribution in [2.45, 2.75) is 18.0 Å². The van der Waals surface area contributed by atoms with Gasteiger partial charge in [-0.05, 0) is 29.8 Å². The molecule has 0 bridgehead atoms. The van der Waals surface area contributed by atoms with Crippen LogP contribution < -0.4 is 10.5 Å². The molecule has 8 heteroatoms. The highest BCUT2D eigenvalue weighted by Crippen LogP contribution is 2.09. The highest BCUT2D eigenvalue weighted by molar-refractivity contribution is 7.89. The van der Waals surface area contributed by atoms with Crippen molar-refractivity contribution < 1.29 is 13.2 Å². The van der Waals surface area contributed by atoms with Crippen LogP contribution in [-0.4, -0.2) is 24.1 Å². The van der Waals surface area contributed by atoms with Crippen molar-refractivity contribution in [3.8, 4) is 0 Å². The first-order chi connectivity index (χ1) is 12.4. The van der Waals surface area contributed by atoms with Crippen LogP contribution in [-0.2, 0) is 23.1 Å². The Bertz CT molecular complexity index is 996. The van der Waals surface area contributed by atoms with E-state index in [9.17, 15) is 13.2 Å². The van der Waals surface area contributed by atoms with Crippen molar-refractivity contribution in [1.82, 2.24) is 15.1 Å². The number of nitrogens with one attached hydrogen (secondary N) is 1. The summed E-state index contributed by atoms with van der Waals surface area (Å²) in [5.41, 5.74) is 2.37. The van der Waals surface area contributed by atoms with Gasteiger partial charge in [0.25, 0.3) is 5.91 Å². The van der Waals surface area contributed by atoms with Crippen molar-refractivity contribution >= 4 is 15.9 Å². The van der Waals surface area contributed by atoms with Crippen molar-refractivity contribution in [3.05, 3.63) is 83.7 Å². The fourth-order valence-electron chi connectivity index (χ4n) is 2.44. The molecule has 0 spiro atoms. The minimum atomic E-state index is -3.77. The fraction of sp³-hybridized carbons (Fsp3) is 0.111. The number of nitrogens with zero attached hydrogens (tertiary/aromatic N) is 2. The highest BCUT2D eigenvalue weighted by atomic mass is 32.2. The standard InChI is InChI=1S/C18H18N4O3S/c19-26(24,25)17-8-6-16(7-9-17)18(23)20-10-15-11-21-22(13-15)12-14-4-2-1-3-5-14/h1-9,11,13H,10,12H2,(H,20,23)(H2,19,24,25). The van der Waals surface area contributed by atoms with E-state index in [4.69, 9.17) is 5.14 Å². The van der Waals surface area contributed by atoms with E-state index in [0.717, 1.165) is 11.1 Å². The van der Waals surface area contributed by atoms with Crippen LogP contribution in [0, 0.1) is 0 Å². The third kappa shape index (κ3) is 4.56. The second kappa shape index (κ2) is 7.51. The van der Waals surface area contributed by atoms with E-state index in [1.165, 1.54) is 24.3 Å². The van der Waals surface area contributed by atoms with Gasteiger partial charge in [0.15, 0.2) is 0 Å². The number of hydrogen-bond donors (Lipinski definition) is 2. The maximum Gasteiger partial charge on any atom is 0.251 e. The number of carbonyl (C=O) groups is 1. The third-order valence-corrected chi connectivity index (χ3v) is 4.70. The van der Waals surface area contributed by atoms with Crippen LogP contribution in [0.5, 0.6) is 0 Å². The minimum Gasteiger partial charge on any atom is -0.348 e. The molecular weight excluding hydrogens is 352 g/mol. The van der Waals surface area contributed by atoms with Gasteiger partial charge in [0.1, 0.15) is 0 Å². The van der Waals surface area contributed by atoms with E-state index >= 15 is 0 Å². The molecule has 1 heterocycles. The predicted octanol–water partition coefficient (Wildman–Crippen LogP) is 1.51. The fourth-order valence-corrected chi connectivity index (χ4v) is 2.95. The second-order valence-electron chi connectivity index (χ2n) is 5.78. The molecule has 134 valence electrons. The monoisotopic (exact) mass is 370 g/mol. The molecule has 26 heavy (non-hydrogen) atoms. The third-order valence-electron chi connectivity index (χ3n) is 3.77. The molecule has 1 amide bonds. The van der Waals surface area contributed by atoms with E-state index < -0.39 is 10.0 Å².